The number of benzene rings is 1. The van der Waals surface area contributed by atoms with Gasteiger partial charge in [-0.15, -0.1) is 10.2 Å². The van der Waals surface area contributed by atoms with Crippen LogP contribution in [0.3, 0.4) is 0 Å². The average molecular weight is 382 g/mol. The molecule has 0 unspecified atom stereocenters. The smallest absolute Gasteiger partial charge is 0.411 e. The number of carbonyl (C=O) groups excluding carboxylic acids is 1. The molecule has 3 rings (SSSR count). The summed E-state index contributed by atoms with van der Waals surface area (Å²) in [6.07, 6.45) is -0.680. The van der Waals surface area contributed by atoms with Crippen LogP contribution in [0.15, 0.2) is 34.5 Å². The zero-order valence-electron chi connectivity index (χ0n) is 14.4. The molecule has 0 radical (unpaired) electrons. The minimum absolute atomic E-state index is 0.122. The lowest BCUT2D eigenvalue weighted by molar-refractivity contribution is 0.168. The van der Waals surface area contributed by atoms with Gasteiger partial charge in [0.15, 0.2) is 10.6 Å². The predicted octanol–water partition coefficient (Wildman–Crippen LogP) is 4.56. The van der Waals surface area contributed by atoms with Gasteiger partial charge in [-0.2, -0.15) is 9.64 Å². The van der Waals surface area contributed by atoms with Crippen molar-refractivity contribution in [1.82, 2.24) is 9.36 Å². The third-order valence-corrected chi connectivity index (χ3v) is 4.25. The van der Waals surface area contributed by atoms with Gasteiger partial charge < -0.3 is 9.84 Å². The minimum atomic E-state index is -0.680. The van der Waals surface area contributed by atoms with Crippen molar-refractivity contribution in [3.63, 3.8) is 0 Å². The molecular formula is C17H14N6O3S. The average Bonchev–Trinajstić information content (AvgIpc) is 3.03. The number of nitrogens with zero attached hydrogens (tertiary/aromatic N) is 5. The largest absolute Gasteiger partial charge is 0.506 e. The van der Waals surface area contributed by atoms with Crippen LogP contribution in [0, 0.1) is 18.3 Å². The van der Waals surface area contributed by atoms with Crippen molar-refractivity contribution in [2.24, 2.45) is 10.2 Å². The fourth-order valence-electron chi connectivity index (χ4n) is 2.21. The first-order valence-electron chi connectivity index (χ1n) is 7.87. The van der Waals surface area contributed by atoms with E-state index >= 15 is 0 Å². The van der Waals surface area contributed by atoms with Crippen LogP contribution < -0.4 is 5.32 Å². The van der Waals surface area contributed by atoms with Crippen LogP contribution in [0.4, 0.5) is 21.2 Å². The minimum Gasteiger partial charge on any atom is -0.506 e. The highest BCUT2D eigenvalue weighted by atomic mass is 32.1. The Balaban J connectivity index is 1.89. The van der Waals surface area contributed by atoms with Crippen molar-refractivity contribution < 1.29 is 14.6 Å². The first-order chi connectivity index (χ1) is 13.0. The number of nitriles is 1. The highest BCUT2D eigenvalue weighted by Crippen LogP contribution is 2.34. The first-order valence-corrected chi connectivity index (χ1v) is 8.64. The molecule has 0 fully saturated rings. The van der Waals surface area contributed by atoms with E-state index in [2.05, 4.69) is 31.0 Å². The Kier molecular flexibility index (Phi) is 5.23. The van der Waals surface area contributed by atoms with Gasteiger partial charge in [0.1, 0.15) is 11.8 Å². The monoisotopic (exact) mass is 382 g/mol. The number of aromatic nitrogens is 2. The van der Waals surface area contributed by atoms with Crippen molar-refractivity contribution in [3.8, 4) is 11.8 Å². The molecule has 0 spiro atoms. The van der Waals surface area contributed by atoms with Gasteiger partial charge in [0.05, 0.1) is 34.6 Å². The first kappa shape index (κ1) is 18.2. The zero-order valence-corrected chi connectivity index (χ0v) is 15.2. The summed E-state index contributed by atoms with van der Waals surface area (Å²) in [6, 6.07) is 8.16. The topological polar surface area (TPSA) is 133 Å². The van der Waals surface area contributed by atoms with E-state index in [1.165, 1.54) is 12.1 Å². The molecule has 0 aliphatic heterocycles. The van der Waals surface area contributed by atoms with E-state index < -0.39 is 6.09 Å². The molecule has 9 nitrogen and oxygen atoms in total. The summed E-state index contributed by atoms with van der Waals surface area (Å²) in [5.74, 6) is -0.122. The number of rotatable bonds is 4. The maximum atomic E-state index is 11.5. The van der Waals surface area contributed by atoms with E-state index in [4.69, 9.17) is 10.00 Å². The Morgan fingerprint density at radius 3 is 2.96 bits per heavy atom. The molecule has 2 N–H and O–H groups in total. The summed E-state index contributed by atoms with van der Waals surface area (Å²) >= 11 is 1.11. The molecule has 10 heteroatoms. The molecule has 2 aromatic heterocycles. The molecular weight excluding hydrogens is 368 g/mol. The van der Waals surface area contributed by atoms with Gasteiger partial charge in [-0.1, -0.05) is 0 Å². The molecule has 1 amide bonds. The van der Waals surface area contributed by atoms with E-state index in [-0.39, 0.29) is 18.0 Å². The molecule has 3 aromatic rings. The fourth-order valence-corrected chi connectivity index (χ4v) is 2.85. The van der Waals surface area contributed by atoms with Gasteiger partial charge in [-0.3, -0.25) is 5.32 Å². The number of anilines is 1. The van der Waals surface area contributed by atoms with E-state index in [1.807, 2.05) is 0 Å². The second-order valence-electron chi connectivity index (χ2n) is 5.34. The summed E-state index contributed by atoms with van der Waals surface area (Å²) in [4.78, 5) is 15.8. The SMILES string of the molecule is CCOC(=O)Nc1cc(/N=N/c2snc3nc(C)c(C#N)cc23)ccc1O. The molecule has 0 saturated carbocycles. The standard InChI is InChI=1S/C17H14N6O3S/c1-3-26-17(25)20-13-7-11(4-5-14(13)24)21-22-16-12-6-10(8-18)9(2)19-15(12)23-27-16/h4-7,24H,3H2,1-2H3,(H,20,25)/b22-21+. The van der Waals surface area contributed by atoms with Crippen LogP contribution in [0.1, 0.15) is 18.2 Å². The van der Waals surface area contributed by atoms with E-state index in [0.717, 1.165) is 11.5 Å². The van der Waals surface area contributed by atoms with Crippen molar-refractivity contribution in [2.45, 2.75) is 13.8 Å². The number of aryl methyl sites for hydroxylation is 1. The summed E-state index contributed by atoms with van der Waals surface area (Å²) in [6.45, 7) is 3.63. The van der Waals surface area contributed by atoms with Gasteiger partial charge in [-0.25, -0.2) is 9.78 Å². The summed E-state index contributed by atoms with van der Waals surface area (Å²) in [5.41, 5.74) is 2.11. The maximum Gasteiger partial charge on any atom is 0.411 e. The molecule has 136 valence electrons. The van der Waals surface area contributed by atoms with Gasteiger partial charge in [-0.05, 0) is 49.6 Å². The lowest BCUT2D eigenvalue weighted by atomic mass is 10.2. The van der Waals surface area contributed by atoms with E-state index in [9.17, 15) is 9.90 Å². The third kappa shape index (κ3) is 3.99. The molecule has 0 saturated heterocycles. The van der Waals surface area contributed by atoms with Crippen LogP contribution in [0.25, 0.3) is 11.0 Å². The summed E-state index contributed by atoms with van der Waals surface area (Å²) < 4.78 is 9.00. The molecule has 0 aliphatic carbocycles. The summed E-state index contributed by atoms with van der Waals surface area (Å²) in [7, 11) is 0. The Hall–Kier alpha value is -3.58. The Bertz CT molecular complexity index is 1090. The fraction of sp³-hybridized carbons (Fsp3) is 0.176. The number of aromatic hydroxyl groups is 1. The molecule has 0 bridgehead atoms. The Morgan fingerprint density at radius 1 is 1.41 bits per heavy atom. The van der Waals surface area contributed by atoms with Gasteiger partial charge >= 0.3 is 6.09 Å². The van der Waals surface area contributed by atoms with Crippen molar-refractivity contribution in [1.29, 1.82) is 5.26 Å². The molecule has 27 heavy (non-hydrogen) atoms. The highest BCUT2D eigenvalue weighted by Gasteiger charge is 2.11. The molecule has 1 aromatic carbocycles. The zero-order chi connectivity index (χ0) is 19.4. The normalized spacial score (nSPS) is 10.9. The number of pyridine rings is 1. The molecule has 2 heterocycles. The number of amides is 1. The number of hydrogen-bond donors (Lipinski definition) is 2. The van der Waals surface area contributed by atoms with Crippen molar-refractivity contribution in [2.75, 3.05) is 11.9 Å². The molecule has 0 atom stereocenters. The predicted molar refractivity (Wildman–Crippen MR) is 99.8 cm³/mol. The van der Waals surface area contributed by atoms with Gasteiger partial charge in [0.2, 0.25) is 0 Å². The number of phenols is 1. The number of fused-ring (bicyclic) bond motifs is 1. The quantitative estimate of drug-likeness (QED) is 0.502. The van der Waals surface area contributed by atoms with Gasteiger partial charge in [0, 0.05) is 0 Å². The van der Waals surface area contributed by atoms with Crippen LogP contribution in [-0.4, -0.2) is 27.2 Å². The number of nitrogens with one attached hydrogen (secondary N) is 1. The number of ether oxygens (including phenoxy) is 1. The molecule has 0 aliphatic rings. The van der Waals surface area contributed by atoms with E-state index in [0.29, 0.717) is 33.0 Å². The van der Waals surface area contributed by atoms with Gasteiger partial charge in [0.25, 0.3) is 0 Å². The number of azo groups is 1. The number of phenolic OH excluding ortho intramolecular Hbond substituents is 1. The van der Waals surface area contributed by atoms with Crippen LogP contribution in [0.2, 0.25) is 0 Å². The van der Waals surface area contributed by atoms with Crippen LogP contribution in [0.5, 0.6) is 5.75 Å². The summed E-state index contributed by atoms with van der Waals surface area (Å²) in [5, 5.41) is 30.8. The second-order valence-corrected chi connectivity index (χ2v) is 6.09. The highest BCUT2D eigenvalue weighted by molar-refractivity contribution is 7.11. The lowest BCUT2D eigenvalue weighted by Gasteiger charge is -2.07. The number of carbonyl (C=O) groups is 1. The number of hydrogen-bond acceptors (Lipinski definition) is 9. The van der Waals surface area contributed by atoms with Crippen molar-refractivity contribution >= 4 is 45.0 Å². The van der Waals surface area contributed by atoms with Crippen LogP contribution in [-0.2, 0) is 4.74 Å². The Labute approximate surface area is 158 Å². The Morgan fingerprint density at radius 2 is 2.22 bits per heavy atom. The van der Waals surface area contributed by atoms with Crippen LogP contribution >= 0.6 is 11.5 Å². The van der Waals surface area contributed by atoms with Crippen molar-refractivity contribution in [3.05, 3.63) is 35.5 Å². The third-order valence-electron chi connectivity index (χ3n) is 3.51. The van der Waals surface area contributed by atoms with E-state index in [1.54, 1.807) is 26.0 Å². The second kappa shape index (κ2) is 7.76. The lowest BCUT2D eigenvalue weighted by Crippen LogP contribution is -2.13. The maximum absolute atomic E-state index is 11.5.